The second-order valence-electron chi connectivity index (χ2n) is 3.18. The van der Waals surface area contributed by atoms with E-state index in [0.29, 0.717) is 6.04 Å². The molecule has 0 aromatic heterocycles. The predicted molar refractivity (Wildman–Crippen MR) is 43.6 cm³/mol. The minimum absolute atomic E-state index is 0.691. The Morgan fingerprint density at radius 2 is 2.30 bits per heavy atom. The average molecular weight is 137 g/mol. The van der Waals surface area contributed by atoms with Crippen molar-refractivity contribution in [2.45, 2.75) is 26.3 Å². The second kappa shape index (κ2) is 3.07. The van der Waals surface area contributed by atoms with E-state index >= 15 is 0 Å². The summed E-state index contributed by atoms with van der Waals surface area (Å²) in [5.41, 5.74) is 0. The molecule has 1 heterocycles. The van der Waals surface area contributed by atoms with Crippen LogP contribution in [0, 0.1) is 18.3 Å². The normalized spacial score (nSPS) is 34.1. The molecule has 56 valence electrons. The van der Waals surface area contributed by atoms with Crippen molar-refractivity contribution in [3.05, 3.63) is 0 Å². The predicted octanol–water partition coefficient (Wildman–Crippen LogP) is 1.35. The molecule has 2 atom stereocenters. The quantitative estimate of drug-likeness (QED) is 0.493. The largest absolute Gasteiger partial charge is 0.289 e. The Bertz CT molecular complexity index is 145. The summed E-state index contributed by atoms with van der Waals surface area (Å²) in [5.74, 6) is 3.51. The van der Waals surface area contributed by atoms with Crippen molar-refractivity contribution < 1.29 is 0 Å². The Balaban J connectivity index is 2.43. The topological polar surface area (TPSA) is 3.24 Å². The molecule has 0 saturated carbocycles. The fourth-order valence-corrected chi connectivity index (χ4v) is 1.51. The van der Waals surface area contributed by atoms with Crippen LogP contribution in [0.2, 0.25) is 0 Å². The summed E-state index contributed by atoms with van der Waals surface area (Å²) in [6, 6.07) is 0.691. The van der Waals surface area contributed by atoms with Gasteiger partial charge < -0.3 is 0 Å². The fourth-order valence-electron chi connectivity index (χ4n) is 1.51. The van der Waals surface area contributed by atoms with Gasteiger partial charge in [0.1, 0.15) is 0 Å². The molecular weight excluding hydrogens is 122 g/mol. The maximum Gasteiger partial charge on any atom is 0.0601 e. The third kappa shape index (κ3) is 1.33. The lowest BCUT2D eigenvalue weighted by Crippen LogP contribution is -2.29. The highest BCUT2D eigenvalue weighted by Crippen LogP contribution is 2.22. The molecular formula is C9H15N. The Morgan fingerprint density at radius 1 is 1.60 bits per heavy atom. The van der Waals surface area contributed by atoms with Gasteiger partial charge in [-0.05, 0) is 25.8 Å². The van der Waals surface area contributed by atoms with Crippen LogP contribution in [0.4, 0.5) is 0 Å². The van der Waals surface area contributed by atoms with E-state index in [4.69, 9.17) is 6.42 Å². The van der Waals surface area contributed by atoms with Gasteiger partial charge in [-0.15, -0.1) is 6.42 Å². The highest BCUT2D eigenvalue weighted by molar-refractivity contribution is 4.93. The molecule has 0 aromatic carbocycles. The van der Waals surface area contributed by atoms with E-state index < -0.39 is 0 Å². The summed E-state index contributed by atoms with van der Waals surface area (Å²) < 4.78 is 0. The standard InChI is InChI=1S/C9H15N/c1-4-6-10-7-5-8(2)9(10)3/h1,8-9H,5-7H2,2-3H3. The molecule has 0 aromatic rings. The van der Waals surface area contributed by atoms with Crippen molar-refractivity contribution in [3.63, 3.8) is 0 Å². The molecule has 0 N–H and O–H groups in total. The molecule has 0 aliphatic carbocycles. The van der Waals surface area contributed by atoms with Crippen LogP contribution < -0.4 is 0 Å². The molecule has 2 unspecified atom stereocenters. The van der Waals surface area contributed by atoms with Gasteiger partial charge in [0, 0.05) is 6.04 Å². The van der Waals surface area contributed by atoms with Gasteiger partial charge in [0.2, 0.25) is 0 Å². The highest BCUT2D eigenvalue weighted by atomic mass is 15.2. The number of rotatable bonds is 1. The van der Waals surface area contributed by atoms with Crippen LogP contribution in [0.3, 0.4) is 0 Å². The van der Waals surface area contributed by atoms with Crippen LogP contribution in [0.5, 0.6) is 0 Å². The number of nitrogens with zero attached hydrogens (tertiary/aromatic N) is 1. The minimum Gasteiger partial charge on any atom is -0.289 e. The van der Waals surface area contributed by atoms with E-state index in [9.17, 15) is 0 Å². The van der Waals surface area contributed by atoms with Crippen LogP contribution in [0.25, 0.3) is 0 Å². The Hall–Kier alpha value is -0.480. The maximum absolute atomic E-state index is 5.22. The lowest BCUT2D eigenvalue weighted by atomic mass is 10.1. The van der Waals surface area contributed by atoms with E-state index in [0.717, 1.165) is 12.5 Å². The summed E-state index contributed by atoms with van der Waals surface area (Å²) in [5, 5.41) is 0. The monoisotopic (exact) mass is 137 g/mol. The molecule has 0 radical (unpaired) electrons. The molecule has 1 fully saturated rings. The lowest BCUT2D eigenvalue weighted by Gasteiger charge is -2.19. The van der Waals surface area contributed by atoms with Crippen molar-refractivity contribution in [2.24, 2.45) is 5.92 Å². The third-order valence-corrected chi connectivity index (χ3v) is 2.57. The first-order chi connectivity index (χ1) is 4.75. The van der Waals surface area contributed by atoms with Crippen molar-refractivity contribution in [3.8, 4) is 12.3 Å². The number of likely N-dealkylation sites (tertiary alicyclic amines) is 1. The SMILES string of the molecule is C#CCN1CCC(C)C1C. The second-order valence-corrected chi connectivity index (χ2v) is 3.18. The van der Waals surface area contributed by atoms with Gasteiger partial charge in [-0.3, -0.25) is 4.90 Å². The highest BCUT2D eigenvalue weighted by Gasteiger charge is 2.25. The van der Waals surface area contributed by atoms with Crippen LogP contribution in [-0.4, -0.2) is 24.0 Å². The molecule has 1 heteroatoms. The number of hydrogen-bond donors (Lipinski definition) is 0. The third-order valence-electron chi connectivity index (χ3n) is 2.57. The van der Waals surface area contributed by atoms with Gasteiger partial charge in [0.25, 0.3) is 0 Å². The van der Waals surface area contributed by atoms with Crippen LogP contribution in [-0.2, 0) is 0 Å². The maximum atomic E-state index is 5.22. The Morgan fingerprint density at radius 3 is 2.70 bits per heavy atom. The van der Waals surface area contributed by atoms with Crippen molar-refractivity contribution >= 4 is 0 Å². The molecule has 1 nitrogen and oxygen atoms in total. The van der Waals surface area contributed by atoms with E-state index in [1.54, 1.807) is 0 Å². The number of hydrogen-bond acceptors (Lipinski definition) is 1. The Kier molecular flexibility index (Phi) is 2.34. The lowest BCUT2D eigenvalue weighted by molar-refractivity contribution is 0.277. The van der Waals surface area contributed by atoms with E-state index in [1.165, 1.54) is 13.0 Å². The molecule has 1 aliphatic rings. The summed E-state index contributed by atoms with van der Waals surface area (Å²) >= 11 is 0. The molecule has 0 spiro atoms. The van der Waals surface area contributed by atoms with Crippen LogP contribution in [0.15, 0.2) is 0 Å². The molecule has 0 amide bonds. The van der Waals surface area contributed by atoms with Crippen molar-refractivity contribution in [2.75, 3.05) is 13.1 Å². The summed E-state index contributed by atoms with van der Waals surface area (Å²) in [4.78, 5) is 2.37. The van der Waals surface area contributed by atoms with Crippen LogP contribution >= 0.6 is 0 Å². The van der Waals surface area contributed by atoms with Gasteiger partial charge >= 0.3 is 0 Å². The van der Waals surface area contributed by atoms with E-state index in [2.05, 4.69) is 24.7 Å². The van der Waals surface area contributed by atoms with E-state index in [-0.39, 0.29) is 0 Å². The average Bonchev–Trinajstić information content (AvgIpc) is 2.20. The summed E-state index contributed by atoms with van der Waals surface area (Å²) in [6.07, 6.45) is 6.53. The molecule has 0 bridgehead atoms. The minimum atomic E-state index is 0.691. The molecule has 10 heavy (non-hydrogen) atoms. The first-order valence-corrected chi connectivity index (χ1v) is 3.93. The zero-order valence-electron chi connectivity index (χ0n) is 6.80. The fraction of sp³-hybridized carbons (Fsp3) is 0.778. The smallest absolute Gasteiger partial charge is 0.0601 e. The molecule has 1 aliphatic heterocycles. The zero-order valence-corrected chi connectivity index (χ0v) is 6.80. The molecule has 1 rings (SSSR count). The summed E-state index contributed by atoms with van der Waals surface area (Å²) in [7, 11) is 0. The van der Waals surface area contributed by atoms with Crippen LogP contribution in [0.1, 0.15) is 20.3 Å². The van der Waals surface area contributed by atoms with Gasteiger partial charge in [-0.2, -0.15) is 0 Å². The van der Waals surface area contributed by atoms with E-state index in [1.807, 2.05) is 0 Å². The zero-order chi connectivity index (χ0) is 7.56. The first kappa shape index (κ1) is 7.63. The summed E-state index contributed by atoms with van der Waals surface area (Å²) in [6.45, 7) is 6.56. The number of terminal acetylenes is 1. The Labute approximate surface area is 63.4 Å². The van der Waals surface area contributed by atoms with Gasteiger partial charge in [-0.25, -0.2) is 0 Å². The molecule has 1 saturated heterocycles. The van der Waals surface area contributed by atoms with Gasteiger partial charge in [0.05, 0.1) is 6.54 Å². The van der Waals surface area contributed by atoms with Gasteiger partial charge in [-0.1, -0.05) is 12.8 Å². The van der Waals surface area contributed by atoms with Crippen molar-refractivity contribution in [1.82, 2.24) is 4.90 Å². The van der Waals surface area contributed by atoms with Gasteiger partial charge in [0.15, 0.2) is 0 Å². The van der Waals surface area contributed by atoms with Crippen molar-refractivity contribution in [1.29, 1.82) is 0 Å². The first-order valence-electron chi connectivity index (χ1n) is 3.93.